The number of benzene rings is 2. The smallest absolute Gasteiger partial charge is 0.411 e. The summed E-state index contributed by atoms with van der Waals surface area (Å²) >= 11 is 0. The topological polar surface area (TPSA) is 84.2 Å². The predicted molar refractivity (Wildman–Crippen MR) is 82.2 cm³/mol. The highest BCUT2D eigenvalue weighted by atomic mass is 16.4. The number of anilines is 1. The number of amides is 1. The van der Waals surface area contributed by atoms with Crippen LogP contribution in [0.3, 0.4) is 0 Å². The maximum absolute atomic E-state index is 12.4. The van der Waals surface area contributed by atoms with E-state index in [1.165, 1.54) is 0 Å². The molecule has 0 fully saturated rings. The average Bonchev–Trinajstić information content (AvgIpc) is 2.82. The van der Waals surface area contributed by atoms with Crippen molar-refractivity contribution in [1.82, 2.24) is 9.55 Å². The Morgan fingerprint density at radius 1 is 1.09 bits per heavy atom. The molecule has 2 aromatic carbocycles. The number of nitrogens with one attached hydrogen (secondary N) is 1. The van der Waals surface area contributed by atoms with Gasteiger partial charge in [-0.3, -0.25) is 10.1 Å². The molecule has 0 saturated carbocycles. The monoisotopic (exact) mass is 295 g/mol. The molecule has 6 nitrogen and oxygen atoms in total. The molecule has 22 heavy (non-hydrogen) atoms. The van der Waals surface area contributed by atoms with Gasteiger partial charge < -0.3 is 9.67 Å². The molecule has 6 heteroatoms. The second-order valence-electron chi connectivity index (χ2n) is 4.82. The minimum Gasteiger partial charge on any atom is -0.465 e. The zero-order valence-corrected chi connectivity index (χ0v) is 11.8. The summed E-state index contributed by atoms with van der Waals surface area (Å²) in [6.07, 6.45) is -1.18. The van der Waals surface area contributed by atoms with Crippen LogP contribution in [-0.4, -0.2) is 26.5 Å². The molecular weight excluding hydrogens is 282 g/mol. The van der Waals surface area contributed by atoms with Crippen molar-refractivity contribution in [3.8, 4) is 0 Å². The largest absolute Gasteiger partial charge is 0.465 e. The lowest BCUT2D eigenvalue weighted by Gasteiger charge is -2.03. The van der Waals surface area contributed by atoms with E-state index in [4.69, 9.17) is 5.11 Å². The fraction of sp³-hybridized carbons (Fsp3) is 0.0625. The van der Waals surface area contributed by atoms with Gasteiger partial charge >= 0.3 is 6.09 Å². The van der Waals surface area contributed by atoms with Crippen LogP contribution in [0, 0.1) is 0 Å². The zero-order valence-electron chi connectivity index (χ0n) is 11.8. The van der Waals surface area contributed by atoms with Gasteiger partial charge in [0.2, 0.25) is 5.95 Å². The van der Waals surface area contributed by atoms with Gasteiger partial charge in [-0.15, -0.1) is 0 Å². The summed E-state index contributed by atoms with van der Waals surface area (Å²) in [7, 11) is 1.69. The van der Waals surface area contributed by atoms with Crippen LogP contribution >= 0.6 is 0 Å². The number of nitrogens with zero attached hydrogens (tertiary/aromatic N) is 2. The Balaban J connectivity index is 2.04. The van der Waals surface area contributed by atoms with Crippen LogP contribution in [0.2, 0.25) is 0 Å². The number of aromatic nitrogens is 2. The van der Waals surface area contributed by atoms with E-state index in [2.05, 4.69) is 10.3 Å². The highest BCUT2D eigenvalue weighted by Gasteiger charge is 2.14. The predicted octanol–water partition coefficient (Wildman–Crippen LogP) is 2.89. The summed E-state index contributed by atoms with van der Waals surface area (Å²) in [6, 6.07) is 14.1. The molecule has 1 amide bonds. The summed E-state index contributed by atoms with van der Waals surface area (Å²) in [6.45, 7) is 0. The molecule has 0 radical (unpaired) electrons. The fourth-order valence-corrected chi connectivity index (χ4v) is 2.29. The third kappa shape index (κ3) is 2.42. The number of imidazole rings is 1. The van der Waals surface area contributed by atoms with Crippen LogP contribution in [0.1, 0.15) is 15.9 Å². The van der Waals surface area contributed by atoms with Crippen molar-refractivity contribution in [2.75, 3.05) is 5.32 Å². The Morgan fingerprint density at radius 2 is 1.82 bits per heavy atom. The number of aryl methyl sites for hydroxylation is 1. The van der Waals surface area contributed by atoms with Crippen molar-refractivity contribution >= 4 is 28.9 Å². The van der Waals surface area contributed by atoms with Gasteiger partial charge in [-0.1, -0.05) is 30.3 Å². The second-order valence-corrected chi connectivity index (χ2v) is 4.82. The van der Waals surface area contributed by atoms with Gasteiger partial charge in [0.15, 0.2) is 5.78 Å². The van der Waals surface area contributed by atoms with E-state index in [-0.39, 0.29) is 11.7 Å². The molecule has 0 aliphatic rings. The molecule has 0 aliphatic heterocycles. The van der Waals surface area contributed by atoms with Crippen molar-refractivity contribution in [3.05, 3.63) is 59.7 Å². The molecule has 110 valence electrons. The number of carboxylic acid groups (broad SMARTS) is 1. The van der Waals surface area contributed by atoms with Crippen LogP contribution in [-0.2, 0) is 7.05 Å². The molecule has 0 aliphatic carbocycles. The highest BCUT2D eigenvalue weighted by Crippen LogP contribution is 2.21. The number of ketones is 1. The third-order valence-corrected chi connectivity index (χ3v) is 3.40. The van der Waals surface area contributed by atoms with Crippen molar-refractivity contribution in [2.24, 2.45) is 7.05 Å². The van der Waals surface area contributed by atoms with Gasteiger partial charge in [-0.25, -0.2) is 9.78 Å². The van der Waals surface area contributed by atoms with E-state index in [0.717, 1.165) is 0 Å². The van der Waals surface area contributed by atoms with Gasteiger partial charge in [0.25, 0.3) is 0 Å². The number of hydrogen-bond acceptors (Lipinski definition) is 3. The molecule has 0 unspecified atom stereocenters. The van der Waals surface area contributed by atoms with Crippen molar-refractivity contribution in [1.29, 1.82) is 0 Å². The first kappa shape index (κ1) is 13.8. The number of fused-ring (bicyclic) bond motifs is 1. The van der Waals surface area contributed by atoms with Gasteiger partial charge in [0.05, 0.1) is 11.0 Å². The zero-order chi connectivity index (χ0) is 15.7. The quantitative estimate of drug-likeness (QED) is 0.728. The molecule has 0 atom stereocenters. The molecule has 3 aromatic rings. The van der Waals surface area contributed by atoms with Gasteiger partial charge in [-0.05, 0) is 18.2 Å². The first-order chi connectivity index (χ1) is 10.6. The minimum absolute atomic E-state index is 0.0866. The molecule has 2 N–H and O–H groups in total. The normalized spacial score (nSPS) is 10.6. The average molecular weight is 295 g/mol. The SMILES string of the molecule is Cn1c(NC(=O)O)nc2ccc(C(=O)c3ccccc3)cc21. The lowest BCUT2D eigenvalue weighted by molar-refractivity contribution is 0.103. The Kier molecular flexibility index (Phi) is 3.34. The van der Waals surface area contributed by atoms with E-state index in [1.807, 2.05) is 18.2 Å². The molecular formula is C16H13N3O3. The van der Waals surface area contributed by atoms with Gasteiger partial charge in [0.1, 0.15) is 0 Å². The summed E-state index contributed by atoms with van der Waals surface area (Å²) in [5.74, 6) is 0.128. The molecule has 1 heterocycles. The Morgan fingerprint density at radius 3 is 2.50 bits per heavy atom. The fourth-order valence-electron chi connectivity index (χ4n) is 2.29. The third-order valence-electron chi connectivity index (χ3n) is 3.40. The van der Waals surface area contributed by atoms with Gasteiger partial charge in [0, 0.05) is 18.2 Å². The van der Waals surface area contributed by atoms with E-state index >= 15 is 0 Å². The van der Waals surface area contributed by atoms with E-state index in [0.29, 0.717) is 22.2 Å². The van der Waals surface area contributed by atoms with Crippen LogP contribution in [0.25, 0.3) is 11.0 Å². The summed E-state index contributed by atoms with van der Waals surface area (Å²) in [4.78, 5) is 27.4. The minimum atomic E-state index is -1.18. The Bertz CT molecular complexity index is 869. The number of rotatable bonds is 3. The standard InChI is InChI=1S/C16H13N3O3/c1-19-13-9-11(14(20)10-5-3-2-4-6-10)7-8-12(13)17-15(19)18-16(21)22/h2-9H,1H3,(H,17,18)(H,21,22). The summed E-state index contributed by atoms with van der Waals surface area (Å²) in [5.41, 5.74) is 2.44. The molecule has 0 spiro atoms. The van der Waals surface area contributed by atoms with Crippen molar-refractivity contribution in [3.63, 3.8) is 0 Å². The number of carbonyl (C=O) groups is 2. The van der Waals surface area contributed by atoms with Crippen LogP contribution in [0.5, 0.6) is 0 Å². The molecule has 0 bridgehead atoms. The molecule has 1 aromatic heterocycles. The Hall–Kier alpha value is -3.15. The number of carbonyl (C=O) groups excluding carboxylic acids is 1. The number of hydrogen-bond donors (Lipinski definition) is 2. The maximum Gasteiger partial charge on any atom is 0.411 e. The van der Waals surface area contributed by atoms with E-state index < -0.39 is 6.09 Å². The summed E-state index contributed by atoms with van der Waals surface area (Å²) < 4.78 is 1.60. The van der Waals surface area contributed by atoms with Crippen LogP contribution in [0.4, 0.5) is 10.7 Å². The second kappa shape index (κ2) is 5.33. The highest BCUT2D eigenvalue weighted by molar-refractivity contribution is 6.10. The molecule has 0 saturated heterocycles. The van der Waals surface area contributed by atoms with Crippen LogP contribution in [0.15, 0.2) is 48.5 Å². The van der Waals surface area contributed by atoms with E-state index in [9.17, 15) is 9.59 Å². The first-order valence-electron chi connectivity index (χ1n) is 6.62. The first-order valence-corrected chi connectivity index (χ1v) is 6.62. The Labute approximate surface area is 126 Å². The van der Waals surface area contributed by atoms with Crippen LogP contribution < -0.4 is 5.32 Å². The lowest BCUT2D eigenvalue weighted by atomic mass is 10.0. The molecule has 3 rings (SSSR count). The van der Waals surface area contributed by atoms with E-state index in [1.54, 1.807) is 41.9 Å². The van der Waals surface area contributed by atoms with Crippen molar-refractivity contribution < 1.29 is 14.7 Å². The van der Waals surface area contributed by atoms with Crippen molar-refractivity contribution in [2.45, 2.75) is 0 Å². The van der Waals surface area contributed by atoms with Gasteiger partial charge in [-0.2, -0.15) is 0 Å². The lowest BCUT2D eigenvalue weighted by Crippen LogP contribution is -2.11. The maximum atomic E-state index is 12.4. The summed E-state index contributed by atoms with van der Waals surface area (Å²) in [5, 5.41) is 11.0.